The van der Waals surface area contributed by atoms with Gasteiger partial charge in [0.25, 0.3) is 0 Å². The number of carbonyl (C=O) groups is 3. The molecule has 5 nitrogen and oxygen atoms in total. The number of rotatable bonds is 3. The van der Waals surface area contributed by atoms with Crippen LogP contribution in [0, 0.1) is 16.7 Å². The van der Waals surface area contributed by atoms with Crippen molar-refractivity contribution >= 4 is 17.7 Å². The van der Waals surface area contributed by atoms with Gasteiger partial charge in [-0.1, -0.05) is 13.3 Å². The molecule has 2 bridgehead atoms. The monoisotopic (exact) mass is 268 g/mol. The van der Waals surface area contributed by atoms with E-state index >= 15 is 0 Å². The van der Waals surface area contributed by atoms with Gasteiger partial charge in [-0.3, -0.25) is 14.4 Å². The average Bonchev–Trinajstić information content (AvgIpc) is 2.52. The largest absolute Gasteiger partial charge is 0.469 e. The Labute approximate surface area is 112 Å². The van der Waals surface area contributed by atoms with Crippen molar-refractivity contribution in [3.63, 3.8) is 0 Å². The summed E-state index contributed by atoms with van der Waals surface area (Å²) in [5.74, 6) is -0.968. The molecule has 2 aliphatic carbocycles. The number of Topliss-reactive ketones (excluding diaryl/α,β-unsaturated/α-hetero) is 1. The van der Waals surface area contributed by atoms with Crippen molar-refractivity contribution < 1.29 is 23.9 Å². The molecule has 0 aromatic heterocycles. The van der Waals surface area contributed by atoms with Crippen LogP contribution in [0.5, 0.6) is 0 Å². The predicted molar refractivity (Wildman–Crippen MR) is 66.2 cm³/mol. The number of carbonyl (C=O) groups excluding carboxylic acids is 3. The standard InChI is InChI=1S/C14H20O5/c1-13-5-4-6-14(8-10(13)15,12(17)19-3)9(13)7-11(16)18-2/h9H,4-8H2,1-3H3/t9-,13-,14+/m0/s1. The van der Waals surface area contributed by atoms with E-state index in [9.17, 15) is 14.4 Å². The SMILES string of the molecule is COC(=O)C[C@@H]1[C@@]2(C(=O)OC)CCC[C@]1(C)C(=O)C2. The van der Waals surface area contributed by atoms with E-state index in [1.807, 2.05) is 6.92 Å². The molecule has 0 radical (unpaired) electrons. The first kappa shape index (κ1) is 14.0. The molecular weight excluding hydrogens is 248 g/mol. The van der Waals surface area contributed by atoms with E-state index in [1.165, 1.54) is 14.2 Å². The highest BCUT2D eigenvalue weighted by molar-refractivity contribution is 5.96. The molecule has 2 saturated carbocycles. The van der Waals surface area contributed by atoms with E-state index in [1.54, 1.807) is 0 Å². The molecule has 0 N–H and O–H groups in total. The number of ether oxygens (including phenoxy) is 2. The van der Waals surface area contributed by atoms with Crippen molar-refractivity contribution in [3.8, 4) is 0 Å². The smallest absolute Gasteiger partial charge is 0.312 e. The Morgan fingerprint density at radius 3 is 2.53 bits per heavy atom. The highest BCUT2D eigenvalue weighted by atomic mass is 16.5. The Morgan fingerprint density at radius 1 is 1.26 bits per heavy atom. The fourth-order valence-corrected chi connectivity index (χ4v) is 3.95. The van der Waals surface area contributed by atoms with Crippen molar-refractivity contribution in [2.75, 3.05) is 14.2 Å². The van der Waals surface area contributed by atoms with Crippen LogP contribution in [0.2, 0.25) is 0 Å². The first-order valence-electron chi connectivity index (χ1n) is 6.59. The molecule has 19 heavy (non-hydrogen) atoms. The zero-order chi connectivity index (χ0) is 14.3. The highest BCUT2D eigenvalue weighted by Crippen LogP contribution is 2.62. The minimum Gasteiger partial charge on any atom is -0.469 e. The summed E-state index contributed by atoms with van der Waals surface area (Å²) in [4.78, 5) is 36.1. The van der Waals surface area contributed by atoms with Gasteiger partial charge in [0.1, 0.15) is 5.78 Å². The van der Waals surface area contributed by atoms with Gasteiger partial charge in [-0.05, 0) is 18.8 Å². The number of ketones is 1. The molecule has 0 saturated heterocycles. The maximum Gasteiger partial charge on any atom is 0.312 e. The lowest BCUT2D eigenvalue weighted by molar-refractivity contribution is -0.162. The van der Waals surface area contributed by atoms with Gasteiger partial charge in [0.2, 0.25) is 0 Å². The molecule has 5 heteroatoms. The molecule has 106 valence electrons. The summed E-state index contributed by atoms with van der Waals surface area (Å²) in [6, 6.07) is 0. The number of fused-ring (bicyclic) bond motifs is 2. The third-order valence-corrected chi connectivity index (χ3v) is 5.06. The van der Waals surface area contributed by atoms with Crippen LogP contribution < -0.4 is 0 Å². The molecule has 0 heterocycles. The second-order valence-corrected chi connectivity index (χ2v) is 5.85. The van der Waals surface area contributed by atoms with Gasteiger partial charge in [-0.25, -0.2) is 0 Å². The molecule has 0 amide bonds. The third kappa shape index (κ3) is 1.86. The topological polar surface area (TPSA) is 69.7 Å². The van der Waals surface area contributed by atoms with E-state index in [0.717, 1.165) is 12.8 Å². The van der Waals surface area contributed by atoms with Crippen LogP contribution in [0.3, 0.4) is 0 Å². The molecule has 0 spiro atoms. The molecule has 0 unspecified atom stereocenters. The lowest BCUT2D eigenvalue weighted by atomic mass is 9.60. The van der Waals surface area contributed by atoms with Crippen molar-refractivity contribution in [2.24, 2.45) is 16.7 Å². The zero-order valence-corrected chi connectivity index (χ0v) is 11.7. The van der Waals surface area contributed by atoms with Crippen molar-refractivity contribution in [1.29, 1.82) is 0 Å². The van der Waals surface area contributed by atoms with Gasteiger partial charge in [-0.15, -0.1) is 0 Å². The summed E-state index contributed by atoms with van der Waals surface area (Å²) in [6.45, 7) is 1.87. The fraction of sp³-hybridized carbons (Fsp3) is 0.786. The number of esters is 2. The maximum atomic E-state index is 12.3. The van der Waals surface area contributed by atoms with Crippen LogP contribution in [0.15, 0.2) is 0 Å². The van der Waals surface area contributed by atoms with Crippen molar-refractivity contribution in [2.45, 2.75) is 39.0 Å². The Morgan fingerprint density at radius 2 is 1.95 bits per heavy atom. The number of hydrogen-bond acceptors (Lipinski definition) is 5. The summed E-state index contributed by atoms with van der Waals surface area (Å²) in [5, 5.41) is 0. The van der Waals surface area contributed by atoms with E-state index in [-0.39, 0.29) is 36.5 Å². The fourth-order valence-electron chi connectivity index (χ4n) is 3.95. The third-order valence-electron chi connectivity index (χ3n) is 5.06. The predicted octanol–water partition coefficient (Wildman–Crippen LogP) is 1.49. The summed E-state index contributed by atoms with van der Waals surface area (Å²) in [7, 11) is 2.66. The molecule has 2 rings (SSSR count). The molecule has 2 fully saturated rings. The zero-order valence-electron chi connectivity index (χ0n) is 11.7. The van der Waals surface area contributed by atoms with Crippen molar-refractivity contribution in [1.82, 2.24) is 0 Å². The van der Waals surface area contributed by atoms with Gasteiger partial charge in [0.05, 0.1) is 26.1 Å². The van der Waals surface area contributed by atoms with Crippen molar-refractivity contribution in [3.05, 3.63) is 0 Å². The lowest BCUT2D eigenvalue weighted by Gasteiger charge is -2.42. The normalized spacial score (nSPS) is 37.0. The quantitative estimate of drug-likeness (QED) is 0.725. The van der Waals surface area contributed by atoms with E-state index in [2.05, 4.69) is 0 Å². The van der Waals surface area contributed by atoms with Crippen LogP contribution in [0.4, 0.5) is 0 Å². The summed E-state index contributed by atoms with van der Waals surface area (Å²) in [6.07, 6.45) is 2.45. The molecule has 2 aliphatic rings. The van der Waals surface area contributed by atoms with Crippen LogP contribution in [0.1, 0.15) is 39.0 Å². The first-order valence-corrected chi connectivity index (χ1v) is 6.59. The number of hydrogen-bond donors (Lipinski definition) is 0. The van der Waals surface area contributed by atoms with Crippen LogP contribution in [-0.4, -0.2) is 31.9 Å². The van der Waals surface area contributed by atoms with E-state index in [4.69, 9.17) is 9.47 Å². The molecular formula is C14H20O5. The van der Waals surface area contributed by atoms with Crippen LogP contribution in [0.25, 0.3) is 0 Å². The highest BCUT2D eigenvalue weighted by Gasteiger charge is 2.65. The second kappa shape index (κ2) is 4.62. The minimum absolute atomic E-state index is 0.0734. The van der Waals surface area contributed by atoms with Gasteiger partial charge in [0.15, 0.2) is 0 Å². The van der Waals surface area contributed by atoms with E-state index < -0.39 is 10.8 Å². The summed E-state index contributed by atoms with van der Waals surface area (Å²) >= 11 is 0. The molecule has 3 atom stereocenters. The Kier molecular flexibility index (Phi) is 3.41. The van der Waals surface area contributed by atoms with Gasteiger partial charge >= 0.3 is 11.9 Å². The molecule has 0 aromatic carbocycles. The molecule has 0 aromatic rings. The van der Waals surface area contributed by atoms with Crippen LogP contribution in [-0.2, 0) is 23.9 Å². The van der Waals surface area contributed by atoms with Crippen LogP contribution >= 0.6 is 0 Å². The molecule has 0 aliphatic heterocycles. The average molecular weight is 268 g/mol. The van der Waals surface area contributed by atoms with Gasteiger partial charge in [-0.2, -0.15) is 0 Å². The summed E-state index contributed by atoms with van der Waals surface area (Å²) in [5.41, 5.74) is -1.42. The minimum atomic E-state index is -0.826. The summed E-state index contributed by atoms with van der Waals surface area (Å²) < 4.78 is 9.62. The maximum absolute atomic E-state index is 12.3. The number of methoxy groups -OCH3 is 2. The first-order chi connectivity index (χ1) is 8.90. The Hall–Kier alpha value is -1.39. The Bertz CT molecular complexity index is 430. The van der Waals surface area contributed by atoms with Gasteiger partial charge in [0, 0.05) is 11.8 Å². The Balaban J connectivity index is 2.42. The lowest BCUT2D eigenvalue weighted by Crippen LogP contribution is -2.45. The van der Waals surface area contributed by atoms with Gasteiger partial charge < -0.3 is 9.47 Å². The van der Waals surface area contributed by atoms with E-state index in [0.29, 0.717) is 6.42 Å². The second-order valence-electron chi connectivity index (χ2n) is 5.85.